The molecule has 0 radical (unpaired) electrons. The number of anilines is 1. The molecule has 0 N–H and O–H groups in total. The molecule has 0 saturated heterocycles. The highest BCUT2D eigenvalue weighted by atomic mass is 32.2. The second kappa shape index (κ2) is 6.95. The Bertz CT molecular complexity index is 899. The van der Waals surface area contributed by atoms with Crippen LogP contribution in [-0.2, 0) is 21.4 Å². The quantitative estimate of drug-likeness (QED) is 0.792. The molecular weight excluding hydrogens is 352 g/mol. The van der Waals surface area contributed by atoms with Gasteiger partial charge in [0.25, 0.3) is 15.9 Å². The second-order valence-corrected chi connectivity index (χ2v) is 8.32. The summed E-state index contributed by atoms with van der Waals surface area (Å²) in [6.07, 6.45) is 4.86. The monoisotopic (exact) mass is 374 g/mol. The highest BCUT2D eigenvalue weighted by Crippen LogP contribution is 2.18. The van der Waals surface area contributed by atoms with Crippen LogP contribution in [0.4, 0.5) is 5.69 Å². The van der Waals surface area contributed by atoms with Crippen molar-refractivity contribution in [3.8, 4) is 0 Å². The average molecular weight is 374 g/mol. The first-order valence-electron chi connectivity index (χ1n) is 8.26. The van der Waals surface area contributed by atoms with Gasteiger partial charge in [0.1, 0.15) is 5.84 Å². The summed E-state index contributed by atoms with van der Waals surface area (Å²) in [7, 11) is 2.32. The summed E-state index contributed by atoms with van der Waals surface area (Å²) < 4.78 is 26.8. The lowest BCUT2D eigenvalue weighted by molar-refractivity contribution is -0.126. The summed E-state index contributed by atoms with van der Waals surface area (Å²) >= 11 is 0. The molecule has 0 saturated carbocycles. The minimum absolute atomic E-state index is 0.0453. The Balaban J connectivity index is 1.69. The van der Waals surface area contributed by atoms with Crippen molar-refractivity contribution in [2.75, 3.05) is 38.3 Å². The summed E-state index contributed by atoms with van der Waals surface area (Å²) in [5.74, 6) is 0.191. The summed E-state index contributed by atoms with van der Waals surface area (Å²) in [6.45, 7) is 0.797. The number of hydrogen-bond acceptors (Lipinski definition) is 5. The Morgan fingerprint density at radius 3 is 2.50 bits per heavy atom. The number of hydrogen-bond donors (Lipinski definition) is 0. The van der Waals surface area contributed by atoms with Crippen LogP contribution in [0.5, 0.6) is 0 Å². The van der Waals surface area contributed by atoms with E-state index in [4.69, 9.17) is 0 Å². The maximum Gasteiger partial charge on any atom is 0.256 e. The molecule has 2 aliphatic rings. The van der Waals surface area contributed by atoms with Crippen molar-refractivity contribution >= 4 is 27.5 Å². The third-order valence-electron chi connectivity index (χ3n) is 4.29. The average Bonchev–Trinajstić information content (AvgIpc) is 2.60. The molecule has 8 heteroatoms. The number of nitrogens with zero attached hydrogens (tertiary/aromatic N) is 4. The minimum atomic E-state index is -3.39. The van der Waals surface area contributed by atoms with E-state index in [1.165, 1.54) is 0 Å². The van der Waals surface area contributed by atoms with E-state index in [9.17, 15) is 13.2 Å². The molecule has 0 bridgehead atoms. The zero-order chi connectivity index (χ0) is 18.9. The molecule has 0 aromatic heterocycles. The van der Waals surface area contributed by atoms with Crippen LogP contribution < -0.4 is 4.90 Å². The fraction of sp³-hybridized carbons (Fsp3) is 0.333. The number of amides is 1. The number of rotatable bonds is 4. The predicted octanol–water partition coefficient (Wildman–Crippen LogP) is 1.21. The number of sulfonamides is 1. The van der Waals surface area contributed by atoms with Gasteiger partial charge in [0.2, 0.25) is 0 Å². The van der Waals surface area contributed by atoms with Crippen molar-refractivity contribution in [1.29, 1.82) is 0 Å². The number of amidine groups is 1. The molecule has 1 aromatic carbocycles. The Hall–Kier alpha value is -2.61. The van der Waals surface area contributed by atoms with Gasteiger partial charge in [-0.3, -0.25) is 4.79 Å². The van der Waals surface area contributed by atoms with Crippen LogP contribution in [0.25, 0.3) is 0 Å². The largest absolute Gasteiger partial charge is 0.378 e. The van der Waals surface area contributed by atoms with Gasteiger partial charge in [0.05, 0.1) is 11.3 Å². The first kappa shape index (κ1) is 18.2. The van der Waals surface area contributed by atoms with Crippen LogP contribution in [0.2, 0.25) is 0 Å². The van der Waals surface area contributed by atoms with Crippen LogP contribution in [0.15, 0.2) is 52.6 Å². The Morgan fingerprint density at radius 1 is 1.15 bits per heavy atom. The molecule has 0 aliphatic carbocycles. The van der Waals surface area contributed by atoms with Gasteiger partial charge in [-0.2, -0.15) is 0 Å². The number of benzene rings is 1. The van der Waals surface area contributed by atoms with Crippen LogP contribution in [0.1, 0.15) is 5.56 Å². The van der Waals surface area contributed by atoms with E-state index >= 15 is 0 Å². The summed E-state index contributed by atoms with van der Waals surface area (Å²) in [6, 6.07) is 8.05. The second-order valence-electron chi connectivity index (χ2n) is 6.57. The molecular formula is C18H22N4O3S. The number of carbonyl (C=O) groups is 1. The van der Waals surface area contributed by atoms with E-state index in [0.29, 0.717) is 24.5 Å². The predicted molar refractivity (Wildman–Crippen MR) is 102 cm³/mol. The van der Waals surface area contributed by atoms with Gasteiger partial charge in [0, 0.05) is 46.1 Å². The molecule has 138 valence electrons. The van der Waals surface area contributed by atoms with Crippen LogP contribution in [0, 0.1) is 0 Å². The Labute approximate surface area is 154 Å². The van der Waals surface area contributed by atoms with Crippen LogP contribution in [-0.4, -0.2) is 63.4 Å². The molecule has 2 aliphatic heterocycles. The highest BCUT2D eigenvalue weighted by Gasteiger charge is 2.25. The maximum atomic E-state index is 12.7. The van der Waals surface area contributed by atoms with Crippen molar-refractivity contribution < 1.29 is 13.2 Å². The maximum absolute atomic E-state index is 12.7. The molecule has 1 aromatic rings. The van der Waals surface area contributed by atoms with Crippen molar-refractivity contribution in [3.05, 3.63) is 53.8 Å². The SMILES string of the molecule is CN(Cc1ccc(N(C)C)cc1)C(=O)C1=CN2CCS(=O)(=O)N=C2C=C1. The highest BCUT2D eigenvalue weighted by molar-refractivity contribution is 7.90. The number of likely N-dealkylation sites (N-methyl/N-ethyl adjacent to an activating group) is 1. The lowest BCUT2D eigenvalue weighted by Gasteiger charge is -2.28. The van der Waals surface area contributed by atoms with E-state index in [0.717, 1.165) is 11.3 Å². The normalized spacial score (nSPS) is 17.9. The van der Waals surface area contributed by atoms with E-state index in [1.54, 1.807) is 35.2 Å². The van der Waals surface area contributed by atoms with Gasteiger partial charge < -0.3 is 14.7 Å². The van der Waals surface area contributed by atoms with Gasteiger partial charge in [-0.25, -0.2) is 8.42 Å². The zero-order valence-corrected chi connectivity index (χ0v) is 15.9. The van der Waals surface area contributed by atoms with Gasteiger partial charge in [-0.1, -0.05) is 12.1 Å². The fourth-order valence-electron chi connectivity index (χ4n) is 2.79. The van der Waals surface area contributed by atoms with Gasteiger partial charge in [-0.15, -0.1) is 4.40 Å². The van der Waals surface area contributed by atoms with Crippen molar-refractivity contribution in [2.24, 2.45) is 4.40 Å². The molecule has 0 spiro atoms. The minimum Gasteiger partial charge on any atom is -0.378 e. The first-order valence-corrected chi connectivity index (χ1v) is 9.87. The number of carbonyl (C=O) groups excluding carboxylic acids is 1. The summed E-state index contributed by atoms with van der Waals surface area (Å²) in [5, 5.41) is 0. The zero-order valence-electron chi connectivity index (χ0n) is 15.1. The molecule has 0 fully saturated rings. The number of fused-ring (bicyclic) bond motifs is 1. The van der Waals surface area contributed by atoms with Crippen molar-refractivity contribution in [3.63, 3.8) is 0 Å². The molecule has 0 atom stereocenters. The molecule has 7 nitrogen and oxygen atoms in total. The third kappa shape index (κ3) is 3.96. The van der Waals surface area contributed by atoms with E-state index in [1.807, 2.05) is 43.3 Å². The van der Waals surface area contributed by atoms with E-state index in [2.05, 4.69) is 4.40 Å². The topological polar surface area (TPSA) is 73.3 Å². The standard InChI is InChI=1S/C18H22N4O3S/c1-20(2)16-7-4-14(5-8-16)12-21(3)18(23)15-6-9-17-19-26(24,25)11-10-22(17)13-15/h4-9,13H,10-12H2,1-3H3. The summed E-state index contributed by atoms with van der Waals surface area (Å²) in [4.78, 5) is 18.1. The van der Waals surface area contributed by atoms with Gasteiger partial charge in [-0.05, 0) is 29.8 Å². The molecule has 0 unspecified atom stereocenters. The Kier molecular flexibility index (Phi) is 4.86. The van der Waals surface area contributed by atoms with Gasteiger partial charge in [0.15, 0.2) is 0 Å². The first-order chi connectivity index (χ1) is 12.2. The molecule has 2 heterocycles. The van der Waals surface area contributed by atoms with Gasteiger partial charge >= 0.3 is 0 Å². The fourth-order valence-corrected chi connectivity index (χ4v) is 3.76. The third-order valence-corrected chi connectivity index (χ3v) is 5.45. The summed E-state index contributed by atoms with van der Waals surface area (Å²) in [5.41, 5.74) is 2.65. The van der Waals surface area contributed by atoms with Crippen molar-refractivity contribution in [2.45, 2.75) is 6.54 Å². The smallest absolute Gasteiger partial charge is 0.256 e. The lowest BCUT2D eigenvalue weighted by Crippen LogP contribution is -2.38. The molecule has 1 amide bonds. The Morgan fingerprint density at radius 2 is 1.85 bits per heavy atom. The lowest BCUT2D eigenvalue weighted by atomic mass is 10.1. The molecule has 3 rings (SSSR count). The molecule has 26 heavy (non-hydrogen) atoms. The van der Waals surface area contributed by atoms with E-state index in [-0.39, 0.29) is 11.7 Å². The van der Waals surface area contributed by atoms with Crippen LogP contribution in [0.3, 0.4) is 0 Å². The van der Waals surface area contributed by atoms with E-state index < -0.39 is 10.0 Å². The van der Waals surface area contributed by atoms with Crippen molar-refractivity contribution in [1.82, 2.24) is 9.80 Å². The van der Waals surface area contributed by atoms with Crippen LogP contribution >= 0.6 is 0 Å².